The van der Waals surface area contributed by atoms with Gasteiger partial charge < -0.3 is 9.84 Å². The molecule has 0 bridgehead atoms. The minimum absolute atomic E-state index is 0.272. The van der Waals surface area contributed by atoms with Crippen LogP contribution in [0.5, 0.6) is 0 Å². The molecular formula is C15H12N2O2S. The number of nitrogens with one attached hydrogen (secondary N) is 1. The van der Waals surface area contributed by atoms with Gasteiger partial charge in [-0.3, -0.25) is 4.79 Å². The molecule has 0 fully saturated rings. The fraction of sp³-hybridized carbons (Fsp3) is 0.0667. The predicted octanol–water partition coefficient (Wildman–Crippen LogP) is 3.96. The molecule has 0 unspecified atom stereocenters. The topological polar surface area (TPSA) is 55.1 Å². The number of amides is 1. The average molecular weight is 284 g/mol. The number of thiophene rings is 1. The van der Waals surface area contributed by atoms with Gasteiger partial charge in [-0.15, -0.1) is 11.3 Å². The van der Waals surface area contributed by atoms with Crippen LogP contribution in [-0.4, -0.2) is 11.1 Å². The standard InChI is InChI=1S/C15H12N2O2S/c1-10-4-6-11(7-5-10)16-15(18)12-9-13(19-17-12)14-3-2-8-20-14/h2-9H,1H3,(H,16,18). The summed E-state index contributed by atoms with van der Waals surface area (Å²) in [6.07, 6.45) is 0. The molecular weight excluding hydrogens is 272 g/mol. The maximum Gasteiger partial charge on any atom is 0.277 e. The van der Waals surface area contributed by atoms with Crippen LogP contribution in [0.4, 0.5) is 5.69 Å². The molecule has 1 amide bonds. The van der Waals surface area contributed by atoms with E-state index in [4.69, 9.17) is 4.52 Å². The molecule has 4 nitrogen and oxygen atoms in total. The van der Waals surface area contributed by atoms with E-state index in [9.17, 15) is 4.79 Å². The fourth-order valence-corrected chi connectivity index (χ4v) is 2.42. The van der Waals surface area contributed by atoms with Gasteiger partial charge >= 0.3 is 0 Å². The molecule has 2 aromatic heterocycles. The first-order chi connectivity index (χ1) is 9.72. The third-order valence-electron chi connectivity index (χ3n) is 2.82. The largest absolute Gasteiger partial charge is 0.355 e. The summed E-state index contributed by atoms with van der Waals surface area (Å²) >= 11 is 1.54. The Morgan fingerprint density at radius 1 is 1.25 bits per heavy atom. The van der Waals surface area contributed by atoms with Crippen molar-refractivity contribution in [2.75, 3.05) is 5.32 Å². The lowest BCUT2D eigenvalue weighted by molar-refractivity contribution is 0.101. The lowest BCUT2D eigenvalue weighted by Crippen LogP contribution is -2.11. The minimum Gasteiger partial charge on any atom is -0.355 e. The SMILES string of the molecule is Cc1ccc(NC(=O)c2cc(-c3cccs3)on2)cc1. The van der Waals surface area contributed by atoms with E-state index >= 15 is 0 Å². The summed E-state index contributed by atoms with van der Waals surface area (Å²) < 4.78 is 5.19. The number of hydrogen-bond acceptors (Lipinski definition) is 4. The summed E-state index contributed by atoms with van der Waals surface area (Å²) in [4.78, 5) is 13.0. The Balaban J connectivity index is 1.76. The van der Waals surface area contributed by atoms with Gasteiger partial charge in [0.05, 0.1) is 4.88 Å². The van der Waals surface area contributed by atoms with Gasteiger partial charge in [-0.2, -0.15) is 0 Å². The summed E-state index contributed by atoms with van der Waals surface area (Å²) in [5, 5.41) is 8.54. The van der Waals surface area contributed by atoms with Crippen LogP contribution in [0.2, 0.25) is 0 Å². The smallest absolute Gasteiger partial charge is 0.277 e. The van der Waals surface area contributed by atoms with Crippen LogP contribution in [0.1, 0.15) is 16.1 Å². The average Bonchev–Trinajstić information content (AvgIpc) is 3.11. The first kappa shape index (κ1) is 12.6. The molecule has 100 valence electrons. The molecule has 0 aliphatic carbocycles. The second kappa shape index (κ2) is 5.30. The Kier molecular flexibility index (Phi) is 3.35. The lowest BCUT2D eigenvalue weighted by Gasteiger charge is -2.02. The van der Waals surface area contributed by atoms with E-state index < -0.39 is 0 Å². The zero-order chi connectivity index (χ0) is 13.9. The zero-order valence-electron chi connectivity index (χ0n) is 10.8. The van der Waals surface area contributed by atoms with Crippen molar-refractivity contribution in [3.05, 3.63) is 59.1 Å². The highest BCUT2D eigenvalue weighted by molar-refractivity contribution is 7.13. The van der Waals surface area contributed by atoms with Crippen LogP contribution in [0.15, 0.2) is 52.4 Å². The van der Waals surface area contributed by atoms with Gasteiger partial charge in [0.15, 0.2) is 11.5 Å². The molecule has 3 aromatic rings. The second-order valence-electron chi connectivity index (χ2n) is 4.37. The molecule has 2 heterocycles. The Hall–Kier alpha value is -2.40. The van der Waals surface area contributed by atoms with E-state index in [1.165, 1.54) is 0 Å². The number of rotatable bonds is 3. The molecule has 0 saturated heterocycles. The van der Waals surface area contributed by atoms with E-state index in [0.717, 1.165) is 16.1 Å². The van der Waals surface area contributed by atoms with Gasteiger partial charge in [0.2, 0.25) is 0 Å². The molecule has 5 heteroatoms. The Labute approximate surface area is 120 Å². The maximum atomic E-state index is 12.1. The second-order valence-corrected chi connectivity index (χ2v) is 5.32. The van der Waals surface area contributed by atoms with Crippen LogP contribution in [-0.2, 0) is 0 Å². The number of nitrogens with zero attached hydrogens (tertiary/aromatic N) is 1. The van der Waals surface area contributed by atoms with E-state index in [-0.39, 0.29) is 11.6 Å². The lowest BCUT2D eigenvalue weighted by atomic mass is 10.2. The number of carbonyl (C=O) groups is 1. The first-order valence-electron chi connectivity index (χ1n) is 6.11. The summed E-state index contributed by atoms with van der Waals surface area (Å²) in [5.41, 5.74) is 2.15. The van der Waals surface area contributed by atoms with Crippen LogP contribution < -0.4 is 5.32 Å². The molecule has 0 aliphatic heterocycles. The maximum absolute atomic E-state index is 12.1. The van der Waals surface area contributed by atoms with Crippen molar-refractivity contribution in [1.29, 1.82) is 0 Å². The van der Waals surface area contributed by atoms with Gasteiger partial charge in [0.1, 0.15) is 0 Å². The van der Waals surface area contributed by atoms with Crippen molar-refractivity contribution in [3.8, 4) is 10.6 Å². The molecule has 20 heavy (non-hydrogen) atoms. The number of benzene rings is 1. The summed E-state index contributed by atoms with van der Waals surface area (Å²) in [6, 6.07) is 13.1. The van der Waals surface area contributed by atoms with Crippen molar-refractivity contribution in [2.45, 2.75) is 6.92 Å². The Morgan fingerprint density at radius 3 is 2.75 bits per heavy atom. The van der Waals surface area contributed by atoms with Gasteiger partial charge in [0, 0.05) is 11.8 Å². The summed E-state index contributed by atoms with van der Waals surface area (Å²) in [7, 11) is 0. The Bertz CT molecular complexity index is 715. The van der Waals surface area contributed by atoms with Gasteiger partial charge in [-0.1, -0.05) is 28.9 Å². The molecule has 0 spiro atoms. The van der Waals surface area contributed by atoms with E-state index in [1.807, 2.05) is 48.7 Å². The third-order valence-corrected chi connectivity index (χ3v) is 3.70. The molecule has 0 saturated carbocycles. The highest BCUT2D eigenvalue weighted by Gasteiger charge is 2.14. The molecule has 0 aliphatic rings. The zero-order valence-corrected chi connectivity index (χ0v) is 11.6. The molecule has 0 radical (unpaired) electrons. The summed E-state index contributed by atoms with van der Waals surface area (Å²) in [5.74, 6) is 0.328. The van der Waals surface area contributed by atoms with Crippen LogP contribution in [0, 0.1) is 6.92 Å². The number of carbonyl (C=O) groups excluding carboxylic acids is 1. The quantitative estimate of drug-likeness (QED) is 0.792. The predicted molar refractivity (Wildman–Crippen MR) is 78.9 cm³/mol. The molecule has 3 rings (SSSR count). The summed E-state index contributed by atoms with van der Waals surface area (Å²) in [6.45, 7) is 2.00. The van der Waals surface area contributed by atoms with Crippen molar-refractivity contribution >= 4 is 22.9 Å². The van der Waals surface area contributed by atoms with Crippen LogP contribution in [0.3, 0.4) is 0 Å². The van der Waals surface area contributed by atoms with Crippen molar-refractivity contribution < 1.29 is 9.32 Å². The highest BCUT2D eigenvalue weighted by Crippen LogP contribution is 2.25. The number of aryl methyl sites for hydroxylation is 1. The first-order valence-corrected chi connectivity index (χ1v) is 6.99. The third kappa shape index (κ3) is 2.62. The molecule has 1 N–H and O–H groups in total. The van der Waals surface area contributed by atoms with Crippen molar-refractivity contribution in [3.63, 3.8) is 0 Å². The van der Waals surface area contributed by atoms with E-state index in [1.54, 1.807) is 17.4 Å². The molecule has 0 atom stereocenters. The van der Waals surface area contributed by atoms with E-state index in [0.29, 0.717) is 5.76 Å². The Morgan fingerprint density at radius 2 is 2.05 bits per heavy atom. The van der Waals surface area contributed by atoms with Crippen LogP contribution in [0.25, 0.3) is 10.6 Å². The number of anilines is 1. The van der Waals surface area contributed by atoms with Crippen molar-refractivity contribution in [2.24, 2.45) is 0 Å². The van der Waals surface area contributed by atoms with E-state index in [2.05, 4.69) is 10.5 Å². The minimum atomic E-state index is -0.277. The fourth-order valence-electron chi connectivity index (χ4n) is 1.75. The highest BCUT2D eigenvalue weighted by atomic mass is 32.1. The normalized spacial score (nSPS) is 10.4. The van der Waals surface area contributed by atoms with Gasteiger partial charge in [0.25, 0.3) is 5.91 Å². The van der Waals surface area contributed by atoms with Crippen LogP contribution >= 0.6 is 11.3 Å². The van der Waals surface area contributed by atoms with Gasteiger partial charge in [-0.25, -0.2) is 0 Å². The monoisotopic (exact) mass is 284 g/mol. The number of aromatic nitrogens is 1. The van der Waals surface area contributed by atoms with Crippen molar-refractivity contribution in [1.82, 2.24) is 5.16 Å². The number of hydrogen-bond donors (Lipinski definition) is 1. The van der Waals surface area contributed by atoms with Gasteiger partial charge in [-0.05, 0) is 30.5 Å². The molecule has 1 aromatic carbocycles.